The van der Waals surface area contributed by atoms with E-state index in [-0.39, 0.29) is 0 Å². The SMILES string of the molecule is CC.CC.CCc1c(C)cccc1-c1ccccn1. The third kappa shape index (κ3) is 4.86. The van der Waals surface area contributed by atoms with Gasteiger partial charge in [0.25, 0.3) is 0 Å². The van der Waals surface area contributed by atoms with Gasteiger partial charge in [-0.15, -0.1) is 0 Å². The van der Waals surface area contributed by atoms with Crippen molar-refractivity contribution in [1.29, 1.82) is 0 Å². The second-order valence-corrected chi connectivity index (χ2v) is 3.67. The Morgan fingerprint density at radius 3 is 2.11 bits per heavy atom. The van der Waals surface area contributed by atoms with E-state index in [0.29, 0.717) is 0 Å². The molecule has 0 aliphatic carbocycles. The first-order valence-corrected chi connectivity index (χ1v) is 7.33. The van der Waals surface area contributed by atoms with Gasteiger partial charge in [-0.05, 0) is 36.6 Å². The van der Waals surface area contributed by atoms with Crippen molar-refractivity contribution >= 4 is 0 Å². The van der Waals surface area contributed by atoms with Crippen LogP contribution in [0.4, 0.5) is 0 Å². The molecule has 0 aliphatic rings. The molecule has 0 atom stereocenters. The van der Waals surface area contributed by atoms with Crippen LogP contribution in [0.5, 0.6) is 0 Å². The van der Waals surface area contributed by atoms with Crippen molar-refractivity contribution in [2.75, 3.05) is 0 Å². The van der Waals surface area contributed by atoms with Crippen molar-refractivity contribution in [3.8, 4) is 11.3 Å². The lowest BCUT2D eigenvalue weighted by molar-refractivity contribution is 1.11. The van der Waals surface area contributed by atoms with Crippen molar-refractivity contribution in [2.45, 2.75) is 48.0 Å². The highest BCUT2D eigenvalue weighted by molar-refractivity contribution is 5.65. The van der Waals surface area contributed by atoms with Crippen molar-refractivity contribution in [3.63, 3.8) is 0 Å². The third-order valence-electron chi connectivity index (χ3n) is 2.70. The minimum atomic E-state index is 1.05. The first-order valence-electron chi connectivity index (χ1n) is 7.33. The van der Waals surface area contributed by atoms with Gasteiger partial charge in [-0.25, -0.2) is 0 Å². The molecule has 0 saturated heterocycles. The predicted octanol–water partition coefficient (Wildman–Crippen LogP) is 5.67. The Morgan fingerprint density at radius 1 is 0.895 bits per heavy atom. The van der Waals surface area contributed by atoms with Crippen LogP contribution in [0, 0.1) is 6.92 Å². The molecule has 0 saturated carbocycles. The molecule has 1 heterocycles. The maximum atomic E-state index is 4.40. The molecular weight excluding hydrogens is 230 g/mol. The van der Waals surface area contributed by atoms with Crippen molar-refractivity contribution in [3.05, 3.63) is 53.7 Å². The molecule has 2 aromatic rings. The molecule has 1 heteroatoms. The summed E-state index contributed by atoms with van der Waals surface area (Å²) in [6, 6.07) is 12.4. The van der Waals surface area contributed by atoms with Gasteiger partial charge in [0.05, 0.1) is 5.69 Å². The summed E-state index contributed by atoms with van der Waals surface area (Å²) in [5.41, 5.74) is 5.08. The number of nitrogens with zero attached hydrogens (tertiary/aromatic N) is 1. The maximum absolute atomic E-state index is 4.40. The van der Waals surface area contributed by atoms with Crippen molar-refractivity contribution < 1.29 is 0 Å². The Bertz CT molecular complexity index is 447. The van der Waals surface area contributed by atoms with E-state index in [1.165, 1.54) is 16.7 Å². The van der Waals surface area contributed by atoms with Gasteiger partial charge in [-0.2, -0.15) is 0 Å². The topological polar surface area (TPSA) is 12.9 Å². The maximum Gasteiger partial charge on any atom is 0.0704 e. The highest BCUT2D eigenvalue weighted by Gasteiger charge is 2.05. The van der Waals surface area contributed by atoms with E-state index >= 15 is 0 Å². The highest BCUT2D eigenvalue weighted by Crippen LogP contribution is 2.24. The summed E-state index contributed by atoms with van der Waals surface area (Å²) < 4.78 is 0. The number of aromatic nitrogens is 1. The average Bonchev–Trinajstić information content (AvgIpc) is 2.52. The van der Waals surface area contributed by atoms with Crippen LogP contribution in [0.2, 0.25) is 0 Å². The molecule has 19 heavy (non-hydrogen) atoms. The summed E-state index contributed by atoms with van der Waals surface area (Å²) in [6.45, 7) is 12.3. The van der Waals surface area contributed by atoms with E-state index in [4.69, 9.17) is 0 Å². The summed E-state index contributed by atoms with van der Waals surface area (Å²) in [6.07, 6.45) is 2.90. The van der Waals surface area contributed by atoms with Gasteiger partial charge >= 0.3 is 0 Å². The van der Waals surface area contributed by atoms with E-state index in [9.17, 15) is 0 Å². The minimum absolute atomic E-state index is 1.05. The Balaban J connectivity index is 0.000000741. The third-order valence-corrected chi connectivity index (χ3v) is 2.70. The van der Waals surface area contributed by atoms with E-state index < -0.39 is 0 Å². The molecule has 0 bridgehead atoms. The fraction of sp³-hybridized carbons (Fsp3) is 0.389. The van der Waals surface area contributed by atoms with Crippen LogP contribution in [0.25, 0.3) is 11.3 Å². The molecule has 1 aromatic heterocycles. The van der Waals surface area contributed by atoms with Gasteiger partial charge in [0.15, 0.2) is 0 Å². The molecule has 0 fully saturated rings. The Morgan fingerprint density at radius 2 is 1.58 bits per heavy atom. The molecule has 0 radical (unpaired) electrons. The summed E-state index contributed by atoms with van der Waals surface area (Å²) in [4.78, 5) is 4.40. The molecule has 0 amide bonds. The lowest BCUT2D eigenvalue weighted by Crippen LogP contribution is -1.92. The molecule has 0 spiro atoms. The van der Waals surface area contributed by atoms with Gasteiger partial charge < -0.3 is 0 Å². The first-order chi connectivity index (χ1) is 9.33. The normalized spacial score (nSPS) is 8.74. The largest absolute Gasteiger partial charge is 0.256 e. The number of hydrogen-bond donors (Lipinski definition) is 0. The zero-order valence-electron chi connectivity index (χ0n) is 13.2. The fourth-order valence-electron chi connectivity index (χ4n) is 1.93. The molecule has 2 rings (SSSR count). The first kappa shape index (κ1) is 17.4. The van der Waals surface area contributed by atoms with E-state index in [1.54, 1.807) is 0 Å². The van der Waals surface area contributed by atoms with Crippen LogP contribution < -0.4 is 0 Å². The van der Waals surface area contributed by atoms with Gasteiger partial charge in [-0.3, -0.25) is 4.98 Å². The predicted molar refractivity (Wildman–Crippen MR) is 86.5 cm³/mol. The average molecular weight is 257 g/mol. The Kier molecular flexibility index (Phi) is 9.42. The number of benzene rings is 1. The number of aryl methyl sites for hydroxylation is 1. The molecule has 0 N–H and O–H groups in total. The zero-order valence-corrected chi connectivity index (χ0v) is 13.2. The molecule has 104 valence electrons. The monoisotopic (exact) mass is 257 g/mol. The smallest absolute Gasteiger partial charge is 0.0704 e. The van der Waals surface area contributed by atoms with Gasteiger partial charge in [0.1, 0.15) is 0 Å². The minimum Gasteiger partial charge on any atom is -0.256 e. The number of pyridine rings is 1. The second kappa shape index (κ2) is 10.3. The molecule has 0 unspecified atom stereocenters. The quantitative estimate of drug-likeness (QED) is 0.675. The van der Waals surface area contributed by atoms with Gasteiger partial charge in [0, 0.05) is 11.8 Å². The van der Waals surface area contributed by atoms with Crippen LogP contribution in [-0.2, 0) is 6.42 Å². The van der Waals surface area contributed by atoms with Crippen LogP contribution >= 0.6 is 0 Å². The highest BCUT2D eigenvalue weighted by atomic mass is 14.7. The molecule has 0 aliphatic heterocycles. The zero-order chi connectivity index (χ0) is 14.7. The molecule has 1 nitrogen and oxygen atoms in total. The second-order valence-electron chi connectivity index (χ2n) is 3.67. The molecular formula is C18H27N. The van der Waals surface area contributed by atoms with Gasteiger partial charge in [-0.1, -0.05) is 58.9 Å². The van der Waals surface area contributed by atoms with Crippen molar-refractivity contribution in [2.24, 2.45) is 0 Å². The fourth-order valence-corrected chi connectivity index (χ4v) is 1.93. The van der Waals surface area contributed by atoms with Crippen LogP contribution in [0.3, 0.4) is 0 Å². The molecule has 1 aromatic carbocycles. The van der Waals surface area contributed by atoms with E-state index in [0.717, 1.165) is 12.1 Å². The van der Waals surface area contributed by atoms with E-state index in [1.807, 2.05) is 46.0 Å². The van der Waals surface area contributed by atoms with Crippen molar-refractivity contribution in [1.82, 2.24) is 4.98 Å². The number of rotatable bonds is 2. The lowest BCUT2D eigenvalue weighted by Gasteiger charge is -2.09. The van der Waals surface area contributed by atoms with E-state index in [2.05, 4.69) is 43.1 Å². The van der Waals surface area contributed by atoms with Crippen LogP contribution in [0.15, 0.2) is 42.6 Å². The summed E-state index contributed by atoms with van der Waals surface area (Å²) in [5.74, 6) is 0. The number of hydrogen-bond acceptors (Lipinski definition) is 1. The summed E-state index contributed by atoms with van der Waals surface area (Å²) in [5, 5.41) is 0. The van der Waals surface area contributed by atoms with Crippen LogP contribution in [-0.4, -0.2) is 4.98 Å². The van der Waals surface area contributed by atoms with Crippen LogP contribution in [0.1, 0.15) is 45.7 Å². The summed E-state index contributed by atoms with van der Waals surface area (Å²) >= 11 is 0. The standard InChI is InChI=1S/C14H15N.2C2H6/c1-3-12-11(2)7-6-8-13(12)14-9-4-5-10-15-14;2*1-2/h4-10H,3H2,1-2H3;2*1-2H3. The Hall–Kier alpha value is -1.63. The lowest BCUT2D eigenvalue weighted by atomic mass is 9.97. The Labute approximate surface area is 118 Å². The van der Waals surface area contributed by atoms with Gasteiger partial charge in [0.2, 0.25) is 0 Å². The summed E-state index contributed by atoms with van der Waals surface area (Å²) in [7, 11) is 0.